The Labute approximate surface area is 119 Å². The van der Waals surface area contributed by atoms with Crippen LogP contribution < -0.4 is 10.1 Å². The van der Waals surface area contributed by atoms with E-state index in [1.165, 1.54) is 12.0 Å². The van der Waals surface area contributed by atoms with Crippen LogP contribution in [0.5, 0.6) is 5.75 Å². The van der Waals surface area contributed by atoms with Gasteiger partial charge in [0.25, 0.3) is 0 Å². The first-order chi connectivity index (χ1) is 8.56. The van der Waals surface area contributed by atoms with Crippen molar-refractivity contribution in [2.45, 2.75) is 26.7 Å². The van der Waals surface area contributed by atoms with Gasteiger partial charge in [0.05, 0.1) is 11.6 Å². The summed E-state index contributed by atoms with van der Waals surface area (Å²) in [7, 11) is 3.72. The Morgan fingerprint density at radius 1 is 1.33 bits per heavy atom. The third kappa shape index (κ3) is 4.99. The molecule has 0 aliphatic heterocycles. The van der Waals surface area contributed by atoms with Gasteiger partial charge in [0.15, 0.2) is 0 Å². The lowest BCUT2D eigenvalue weighted by atomic mass is 9.91. The summed E-state index contributed by atoms with van der Waals surface area (Å²) in [5.74, 6) is 2.33. The third-order valence-corrected chi connectivity index (χ3v) is 3.66. The van der Waals surface area contributed by atoms with E-state index in [4.69, 9.17) is 4.74 Å². The summed E-state index contributed by atoms with van der Waals surface area (Å²) < 4.78 is 6.30. The molecule has 0 saturated heterocycles. The normalized spacial score (nSPS) is 12.8. The van der Waals surface area contributed by atoms with Gasteiger partial charge in [-0.1, -0.05) is 19.9 Å². The molecular weight excluding hydrogens is 290 g/mol. The highest BCUT2D eigenvalue weighted by Crippen LogP contribution is 2.27. The molecule has 1 atom stereocenters. The molecule has 3 heteroatoms. The molecule has 0 aliphatic carbocycles. The van der Waals surface area contributed by atoms with E-state index in [-0.39, 0.29) is 0 Å². The lowest BCUT2D eigenvalue weighted by molar-refractivity contribution is 0.394. The second kappa shape index (κ2) is 7.80. The maximum absolute atomic E-state index is 5.26. The lowest BCUT2D eigenvalue weighted by Gasteiger charge is -2.19. The topological polar surface area (TPSA) is 21.3 Å². The molecule has 0 amide bonds. The van der Waals surface area contributed by atoms with Gasteiger partial charge in [0.1, 0.15) is 5.75 Å². The highest BCUT2D eigenvalue weighted by atomic mass is 79.9. The number of nitrogens with one attached hydrogen (secondary N) is 1. The minimum Gasteiger partial charge on any atom is -0.496 e. The Bertz CT molecular complexity index is 366. The Kier molecular flexibility index (Phi) is 6.72. The molecule has 0 saturated carbocycles. The van der Waals surface area contributed by atoms with Crippen LogP contribution in [-0.2, 0) is 6.42 Å². The number of hydrogen-bond acceptors (Lipinski definition) is 2. The van der Waals surface area contributed by atoms with Crippen molar-refractivity contribution in [3.05, 3.63) is 28.2 Å². The Morgan fingerprint density at radius 2 is 2.06 bits per heavy atom. The molecule has 1 unspecified atom stereocenters. The number of hydrogen-bond donors (Lipinski definition) is 1. The highest BCUT2D eigenvalue weighted by molar-refractivity contribution is 9.10. The summed E-state index contributed by atoms with van der Waals surface area (Å²) in [6, 6.07) is 6.36. The summed E-state index contributed by atoms with van der Waals surface area (Å²) in [5.41, 5.74) is 1.36. The summed E-state index contributed by atoms with van der Waals surface area (Å²) in [4.78, 5) is 0. The SMILES string of the molecule is CNCC(Cc1ccc(OC)c(Br)c1)CC(C)C. The van der Waals surface area contributed by atoms with Crippen molar-refractivity contribution in [1.82, 2.24) is 5.32 Å². The van der Waals surface area contributed by atoms with Crippen molar-refractivity contribution >= 4 is 15.9 Å². The minimum atomic E-state index is 0.690. The molecule has 102 valence electrons. The van der Waals surface area contributed by atoms with Crippen LogP contribution in [0.15, 0.2) is 22.7 Å². The first-order valence-corrected chi connectivity index (χ1v) is 7.33. The van der Waals surface area contributed by atoms with Gasteiger partial charge in [-0.3, -0.25) is 0 Å². The zero-order chi connectivity index (χ0) is 13.5. The molecule has 1 aromatic rings. The fraction of sp³-hybridized carbons (Fsp3) is 0.600. The number of halogens is 1. The van der Waals surface area contributed by atoms with Crippen molar-refractivity contribution in [2.75, 3.05) is 20.7 Å². The lowest BCUT2D eigenvalue weighted by Crippen LogP contribution is -2.22. The third-order valence-electron chi connectivity index (χ3n) is 3.04. The van der Waals surface area contributed by atoms with Crippen LogP contribution in [-0.4, -0.2) is 20.7 Å². The monoisotopic (exact) mass is 313 g/mol. The summed E-state index contributed by atoms with van der Waals surface area (Å²) in [5, 5.41) is 3.29. The molecule has 1 N–H and O–H groups in total. The molecule has 0 aromatic heterocycles. The molecule has 0 aliphatic rings. The van der Waals surface area contributed by atoms with E-state index in [1.807, 2.05) is 13.1 Å². The molecule has 0 radical (unpaired) electrons. The second-order valence-electron chi connectivity index (χ2n) is 5.23. The van der Waals surface area contributed by atoms with Crippen molar-refractivity contribution < 1.29 is 4.74 Å². The van der Waals surface area contributed by atoms with E-state index in [0.717, 1.165) is 29.1 Å². The predicted molar refractivity (Wildman–Crippen MR) is 81.3 cm³/mol. The van der Waals surface area contributed by atoms with E-state index in [1.54, 1.807) is 7.11 Å². The van der Waals surface area contributed by atoms with Crippen LogP contribution in [0.3, 0.4) is 0 Å². The molecule has 0 fully saturated rings. The predicted octanol–water partition coefficient (Wildman–Crippen LogP) is 3.88. The number of rotatable bonds is 7. The van der Waals surface area contributed by atoms with Crippen LogP contribution in [0, 0.1) is 11.8 Å². The van der Waals surface area contributed by atoms with Gasteiger partial charge < -0.3 is 10.1 Å². The fourth-order valence-corrected chi connectivity index (χ4v) is 2.95. The van der Waals surface area contributed by atoms with Gasteiger partial charge in [-0.2, -0.15) is 0 Å². The van der Waals surface area contributed by atoms with Gasteiger partial charge in [-0.25, -0.2) is 0 Å². The maximum Gasteiger partial charge on any atom is 0.133 e. The summed E-state index contributed by atoms with van der Waals surface area (Å²) in [6.45, 7) is 5.64. The van der Waals surface area contributed by atoms with Crippen LogP contribution in [0.1, 0.15) is 25.8 Å². The molecular formula is C15H24BrNO. The zero-order valence-corrected chi connectivity index (χ0v) is 13.4. The number of benzene rings is 1. The second-order valence-corrected chi connectivity index (χ2v) is 6.08. The van der Waals surface area contributed by atoms with Crippen LogP contribution in [0.25, 0.3) is 0 Å². The molecule has 0 heterocycles. The van der Waals surface area contributed by atoms with E-state index in [9.17, 15) is 0 Å². The van der Waals surface area contributed by atoms with E-state index in [2.05, 4.69) is 47.2 Å². The Morgan fingerprint density at radius 3 is 2.56 bits per heavy atom. The van der Waals surface area contributed by atoms with E-state index < -0.39 is 0 Å². The van der Waals surface area contributed by atoms with Gasteiger partial charge in [0, 0.05) is 0 Å². The first kappa shape index (κ1) is 15.5. The molecule has 18 heavy (non-hydrogen) atoms. The van der Waals surface area contributed by atoms with Crippen LogP contribution in [0.2, 0.25) is 0 Å². The smallest absolute Gasteiger partial charge is 0.133 e. The summed E-state index contributed by atoms with van der Waals surface area (Å²) in [6.07, 6.45) is 2.37. The molecule has 0 spiro atoms. The molecule has 1 rings (SSSR count). The van der Waals surface area contributed by atoms with Gasteiger partial charge in [-0.15, -0.1) is 0 Å². The van der Waals surface area contributed by atoms with Gasteiger partial charge in [-0.05, 0) is 71.9 Å². The van der Waals surface area contributed by atoms with Crippen molar-refractivity contribution in [3.8, 4) is 5.75 Å². The minimum absolute atomic E-state index is 0.690. The maximum atomic E-state index is 5.26. The molecule has 1 aromatic carbocycles. The van der Waals surface area contributed by atoms with Crippen molar-refractivity contribution in [3.63, 3.8) is 0 Å². The number of methoxy groups -OCH3 is 1. The number of ether oxygens (including phenoxy) is 1. The van der Waals surface area contributed by atoms with Crippen LogP contribution >= 0.6 is 15.9 Å². The van der Waals surface area contributed by atoms with Gasteiger partial charge >= 0.3 is 0 Å². The molecule has 2 nitrogen and oxygen atoms in total. The summed E-state index contributed by atoms with van der Waals surface area (Å²) >= 11 is 3.55. The zero-order valence-electron chi connectivity index (χ0n) is 11.8. The van der Waals surface area contributed by atoms with Gasteiger partial charge in [0.2, 0.25) is 0 Å². The largest absolute Gasteiger partial charge is 0.496 e. The van der Waals surface area contributed by atoms with Crippen molar-refractivity contribution in [2.24, 2.45) is 11.8 Å². The highest BCUT2D eigenvalue weighted by Gasteiger charge is 2.12. The first-order valence-electron chi connectivity index (χ1n) is 6.53. The van der Waals surface area contributed by atoms with E-state index >= 15 is 0 Å². The van der Waals surface area contributed by atoms with Crippen molar-refractivity contribution in [1.29, 1.82) is 0 Å². The average molecular weight is 314 g/mol. The fourth-order valence-electron chi connectivity index (χ4n) is 2.36. The Hall–Kier alpha value is -0.540. The quantitative estimate of drug-likeness (QED) is 0.824. The molecule has 0 bridgehead atoms. The average Bonchev–Trinajstić information content (AvgIpc) is 2.28. The Balaban J connectivity index is 2.71. The van der Waals surface area contributed by atoms with E-state index in [0.29, 0.717) is 5.92 Å². The van der Waals surface area contributed by atoms with Crippen LogP contribution in [0.4, 0.5) is 0 Å². The standard InChI is InChI=1S/C15H24BrNO/c1-11(2)7-13(10-17-3)8-12-5-6-15(18-4)14(16)9-12/h5-6,9,11,13,17H,7-8,10H2,1-4H3.